The highest BCUT2D eigenvalue weighted by atomic mass is 16.5. The van der Waals surface area contributed by atoms with Crippen molar-refractivity contribution in [3.63, 3.8) is 0 Å². The molecule has 1 aliphatic heterocycles. The number of aryl methyl sites for hydroxylation is 1. The van der Waals surface area contributed by atoms with Crippen LogP contribution in [0.3, 0.4) is 0 Å². The molecule has 1 aromatic carbocycles. The molecule has 0 amide bonds. The Morgan fingerprint density at radius 3 is 2.86 bits per heavy atom. The van der Waals surface area contributed by atoms with E-state index in [0.29, 0.717) is 6.04 Å². The summed E-state index contributed by atoms with van der Waals surface area (Å²) in [4.78, 5) is 0. The number of benzene rings is 1. The molecule has 1 aliphatic rings. The fourth-order valence-corrected chi connectivity index (χ4v) is 3.07. The first-order valence-corrected chi connectivity index (χ1v) is 8.81. The third-order valence-electron chi connectivity index (χ3n) is 4.37. The Morgan fingerprint density at radius 2 is 2.05 bits per heavy atom. The van der Waals surface area contributed by atoms with Crippen molar-refractivity contribution in [3.8, 4) is 5.75 Å². The third-order valence-corrected chi connectivity index (χ3v) is 4.37. The number of hydrogen-bond acceptors (Lipinski definition) is 2. The minimum Gasteiger partial charge on any atom is -0.493 e. The molecule has 1 unspecified atom stereocenters. The van der Waals surface area contributed by atoms with Gasteiger partial charge < -0.3 is 10.1 Å². The molecule has 2 rings (SSSR count). The summed E-state index contributed by atoms with van der Waals surface area (Å²) in [6, 6.07) is 7.43. The molecule has 1 aromatic rings. The smallest absolute Gasteiger partial charge is 0.122 e. The van der Waals surface area contributed by atoms with Crippen molar-refractivity contribution >= 4 is 0 Å². The average Bonchev–Trinajstić information content (AvgIpc) is 2.97. The molecule has 2 nitrogen and oxygen atoms in total. The number of unbranched alkanes of at least 4 members (excludes halogenated alkanes) is 2. The summed E-state index contributed by atoms with van der Waals surface area (Å²) in [5.74, 6) is 1.10. The lowest BCUT2D eigenvalue weighted by Crippen LogP contribution is -2.30. The second-order valence-electron chi connectivity index (χ2n) is 6.23. The SMILES string of the molecule is CCCCCC(CCc1ccc2c(c1)CCO2)NCCC. The van der Waals surface area contributed by atoms with Crippen LogP contribution in [0.1, 0.15) is 63.5 Å². The molecule has 2 heteroatoms. The zero-order valence-electron chi connectivity index (χ0n) is 13.8. The van der Waals surface area contributed by atoms with Gasteiger partial charge in [0.2, 0.25) is 0 Å². The van der Waals surface area contributed by atoms with Gasteiger partial charge in [-0.3, -0.25) is 0 Å². The van der Waals surface area contributed by atoms with Crippen LogP contribution in [0.5, 0.6) is 5.75 Å². The minimum absolute atomic E-state index is 0.681. The second kappa shape index (κ2) is 9.09. The largest absolute Gasteiger partial charge is 0.493 e. The number of ether oxygens (including phenoxy) is 1. The lowest BCUT2D eigenvalue weighted by Gasteiger charge is -2.18. The van der Waals surface area contributed by atoms with Gasteiger partial charge in [0.15, 0.2) is 0 Å². The Bertz CT molecular complexity index is 416. The monoisotopic (exact) mass is 289 g/mol. The van der Waals surface area contributed by atoms with Gasteiger partial charge in [0.1, 0.15) is 5.75 Å². The van der Waals surface area contributed by atoms with Crippen molar-refractivity contribution in [2.75, 3.05) is 13.2 Å². The fourth-order valence-electron chi connectivity index (χ4n) is 3.07. The molecule has 1 heterocycles. The van der Waals surface area contributed by atoms with E-state index in [9.17, 15) is 0 Å². The first-order chi connectivity index (χ1) is 10.3. The van der Waals surface area contributed by atoms with Crippen LogP contribution >= 0.6 is 0 Å². The van der Waals surface area contributed by atoms with Crippen molar-refractivity contribution in [2.24, 2.45) is 0 Å². The Labute approximate surface area is 130 Å². The first kappa shape index (κ1) is 16.4. The van der Waals surface area contributed by atoms with Crippen LogP contribution in [0.15, 0.2) is 18.2 Å². The van der Waals surface area contributed by atoms with Gasteiger partial charge in [0, 0.05) is 12.5 Å². The van der Waals surface area contributed by atoms with Crippen molar-refractivity contribution in [3.05, 3.63) is 29.3 Å². The van der Waals surface area contributed by atoms with Crippen LogP contribution in [0.25, 0.3) is 0 Å². The Kier molecular flexibility index (Phi) is 7.08. The number of hydrogen-bond donors (Lipinski definition) is 1. The van der Waals surface area contributed by atoms with E-state index in [-0.39, 0.29) is 0 Å². The van der Waals surface area contributed by atoms with Crippen LogP contribution < -0.4 is 10.1 Å². The predicted molar refractivity (Wildman–Crippen MR) is 90.2 cm³/mol. The number of fused-ring (bicyclic) bond motifs is 1. The highest BCUT2D eigenvalue weighted by molar-refractivity contribution is 5.39. The molecule has 0 saturated heterocycles. The zero-order chi connectivity index (χ0) is 14.9. The van der Waals surface area contributed by atoms with Gasteiger partial charge in [0.05, 0.1) is 6.61 Å². The molecule has 118 valence electrons. The summed E-state index contributed by atoms with van der Waals surface area (Å²) in [7, 11) is 0. The van der Waals surface area contributed by atoms with Gasteiger partial charge in [-0.15, -0.1) is 0 Å². The highest BCUT2D eigenvalue weighted by Gasteiger charge is 2.13. The van der Waals surface area contributed by atoms with Crippen LogP contribution in [0, 0.1) is 0 Å². The topological polar surface area (TPSA) is 21.3 Å². The summed E-state index contributed by atoms with van der Waals surface area (Å²) in [6.45, 7) is 6.53. The molecule has 21 heavy (non-hydrogen) atoms. The standard InChI is InChI=1S/C19H31NO/c1-3-5-6-7-18(20-13-4-2)10-8-16-9-11-19-17(15-16)12-14-21-19/h9,11,15,18,20H,3-8,10,12-14H2,1-2H3. The van der Waals surface area contributed by atoms with E-state index >= 15 is 0 Å². The molecule has 0 aromatic heterocycles. The number of rotatable bonds is 10. The summed E-state index contributed by atoms with van der Waals surface area (Å²) in [5.41, 5.74) is 2.87. The molecule has 1 atom stereocenters. The Morgan fingerprint density at radius 1 is 1.14 bits per heavy atom. The molecule has 0 aliphatic carbocycles. The fraction of sp³-hybridized carbons (Fsp3) is 0.684. The van der Waals surface area contributed by atoms with Crippen LogP contribution in [-0.2, 0) is 12.8 Å². The first-order valence-electron chi connectivity index (χ1n) is 8.81. The quantitative estimate of drug-likeness (QED) is 0.640. The lowest BCUT2D eigenvalue weighted by atomic mass is 9.98. The van der Waals surface area contributed by atoms with Gasteiger partial charge in [0.25, 0.3) is 0 Å². The number of nitrogens with one attached hydrogen (secondary N) is 1. The van der Waals surface area contributed by atoms with Crippen LogP contribution in [-0.4, -0.2) is 19.2 Å². The van der Waals surface area contributed by atoms with E-state index in [4.69, 9.17) is 4.74 Å². The van der Waals surface area contributed by atoms with Gasteiger partial charge >= 0.3 is 0 Å². The molecular weight excluding hydrogens is 258 g/mol. The van der Waals surface area contributed by atoms with E-state index in [0.717, 1.165) is 25.3 Å². The van der Waals surface area contributed by atoms with Crippen molar-refractivity contribution < 1.29 is 4.74 Å². The highest BCUT2D eigenvalue weighted by Crippen LogP contribution is 2.26. The van der Waals surface area contributed by atoms with Crippen molar-refractivity contribution in [1.82, 2.24) is 5.32 Å². The Hall–Kier alpha value is -1.02. The molecule has 0 fully saturated rings. The average molecular weight is 289 g/mol. The molecule has 1 N–H and O–H groups in total. The van der Waals surface area contributed by atoms with E-state index in [2.05, 4.69) is 37.4 Å². The van der Waals surface area contributed by atoms with E-state index in [1.54, 1.807) is 0 Å². The van der Waals surface area contributed by atoms with Crippen LogP contribution in [0.4, 0.5) is 0 Å². The Balaban J connectivity index is 1.81. The van der Waals surface area contributed by atoms with E-state index in [1.807, 2.05) is 0 Å². The summed E-state index contributed by atoms with van der Waals surface area (Å²) in [6.07, 6.45) is 10.1. The maximum atomic E-state index is 5.59. The van der Waals surface area contributed by atoms with Gasteiger partial charge in [-0.2, -0.15) is 0 Å². The van der Waals surface area contributed by atoms with Crippen molar-refractivity contribution in [2.45, 2.75) is 71.3 Å². The summed E-state index contributed by atoms with van der Waals surface area (Å²) < 4.78 is 5.59. The second-order valence-corrected chi connectivity index (χ2v) is 6.23. The van der Waals surface area contributed by atoms with Gasteiger partial charge in [-0.05, 0) is 49.4 Å². The molecule has 0 radical (unpaired) electrons. The molecular formula is C19H31NO. The molecule has 0 saturated carbocycles. The predicted octanol–water partition coefficient (Wildman–Crippen LogP) is 4.50. The lowest BCUT2D eigenvalue weighted by molar-refractivity contribution is 0.357. The zero-order valence-corrected chi connectivity index (χ0v) is 13.8. The summed E-state index contributed by atoms with van der Waals surface area (Å²) >= 11 is 0. The maximum absolute atomic E-state index is 5.59. The third kappa shape index (κ3) is 5.35. The molecule has 0 bridgehead atoms. The van der Waals surface area contributed by atoms with Gasteiger partial charge in [-0.25, -0.2) is 0 Å². The van der Waals surface area contributed by atoms with E-state index in [1.165, 1.54) is 56.1 Å². The van der Waals surface area contributed by atoms with Gasteiger partial charge in [-0.1, -0.05) is 45.2 Å². The maximum Gasteiger partial charge on any atom is 0.122 e. The van der Waals surface area contributed by atoms with Crippen molar-refractivity contribution in [1.29, 1.82) is 0 Å². The van der Waals surface area contributed by atoms with Crippen LogP contribution in [0.2, 0.25) is 0 Å². The normalized spacial score (nSPS) is 14.8. The van der Waals surface area contributed by atoms with E-state index < -0.39 is 0 Å². The summed E-state index contributed by atoms with van der Waals surface area (Å²) in [5, 5.41) is 3.73. The minimum atomic E-state index is 0.681. The molecule has 0 spiro atoms.